The number of amides is 3. The van der Waals surface area contributed by atoms with E-state index in [0.29, 0.717) is 18.8 Å². The van der Waals surface area contributed by atoms with Crippen LogP contribution in [0.2, 0.25) is 0 Å². The van der Waals surface area contributed by atoms with Gasteiger partial charge in [-0.25, -0.2) is 4.79 Å². The molecule has 0 aliphatic rings. The Balaban J connectivity index is 2.04. The molecule has 0 saturated heterocycles. The summed E-state index contributed by atoms with van der Waals surface area (Å²) >= 11 is 0. The largest absolute Gasteiger partial charge is 0.347 e. The second-order valence-corrected chi connectivity index (χ2v) is 4.69. The number of rotatable bonds is 6. The summed E-state index contributed by atoms with van der Waals surface area (Å²) in [6.07, 6.45) is 5.29. The van der Waals surface area contributed by atoms with Crippen LogP contribution in [0.15, 0.2) is 30.5 Å². The Morgan fingerprint density at radius 3 is 2.90 bits per heavy atom. The Labute approximate surface area is 118 Å². The van der Waals surface area contributed by atoms with Crippen LogP contribution in [0.3, 0.4) is 0 Å². The van der Waals surface area contributed by atoms with Gasteiger partial charge in [-0.3, -0.25) is 15.0 Å². The van der Waals surface area contributed by atoms with E-state index in [9.17, 15) is 9.59 Å². The average Bonchev–Trinajstić information content (AvgIpc) is 2.87. The number of unbranched alkanes of at least 4 members (excludes halogenated alkanes) is 2. The number of aromatic nitrogens is 1. The maximum Gasteiger partial charge on any atom is 0.329 e. The van der Waals surface area contributed by atoms with Crippen molar-refractivity contribution in [3.8, 4) is 0 Å². The molecule has 0 bridgehead atoms. The van der Waals surface area contributed by atoms with Gasteiger partial charge in [0, 0.05) is 23.5 Å². The Hall–Kier alpha value is -2.30. The molecule has 0 fully saturated rings. The monoisotopic (exact) mass is 273 g/mol. The lowest BCUT2D eigenvalue weighted by atomic mass is 10.2. The fourth-order valence-electron chi connectivity index (χ4n) is 2.09. The second kappa shape index (κ2) is 6.75. The molecule has 3 amide bonds. The molecule has 0 aliphatic heterocycles. The van der Waals surface area contributed by atoms with Gasteiger partial charge in [0.2, 0.25) is 6.41 Å². The zero-order valence-electron chi connectivity index (χ0n) is 11.6. The van der Waals surface area contributed by atoms with Crippen molar-refractivity contribution in [1.82, 2.24) is 9.88 Å². The van der Waals surface area contributed by atoms with E-state index in [1.807, 2.05) is 30.5 Å². The molecule has 106 valence electrons. The number of carbonyl (C=O) groups excluding carboxylic acids is 2. The van der Waals surface area contributed by atoms with Gasteiger partial charge in [0.15, 0.2) is 0 Å². The van der Waals surface area contributed by atoms with Gasteiger partial charge in [-0.1, -0.05) is 44.0 Å². The van der Waals surface area contributed by atoms with Crippen molar-refractivity contribution in [2.45, 2.75) is 26.2 Å². The van der Waals surface area contributed by atoms with E-state index >= 15 is 0 Å². The number of anilines is 1. The number of hydrogen-bond acceptors (Lipinski definition) is 2. The zero-order valence-corrected chi connectivity index (χ0v) is 11.6. The SMILES string of the molecule is CCCCCN(C=O)C(=O)Nc1[nH]cc2ccccc12. The molecule has 2 N–H and O–H groups in total. The third-order valence-corrected chi connectivity index (χ3v) is 3.22. The fourth-order valence-corrected chi connectivity index (χ4v) is 2.09. The minimum absolute atomic E-state index is 0.399. The summed E-state index contributed by atoms with van der Waals surface area (Å²) in [4.78, 5) is 27.2. The lowest BCUT2D eigenvalue weighted by Crippen LogP contribution is -2.34. The first-order chi connectivity index (χ1) is 9.76. The van der Waals surface area contributed by atoms with Crippen molar-refractivity contribution in [3.05, 3.63) is 30.5 Å². The Bertz CT molecular complexity index is 592. The predicted octanol–water partition coefficient (Wildman–Crippen LogP) is 3.35. The topological polar surface area (TPSA) is 65.2 Å². The standard InChI is InChI=1S/C15H19N3O2/c1-2-3-6-9-18(11-19)15(20)17-14-13-8-5-4-7-12(13)10-16-14/h4-5,7-8,10-11,16H,2-3,6,9H2,1H3,(H,17,20). The molecule has 5 heteroatoms. The van der Waals surface area contributed by atoms with Crippen LogP contribution >= 0.6 is 0 Å². The summed E-state index contributed by atoms with van der Waals surface area (Å²) in [6.45, 7) is 2.53. The molecule has 0 atom stereocenters. The molecule has 0 spiro atoms. The number of urea groups is 1. The van der Waals surface area contributed by atoms with E-state index in [4.69, 9.17) is 0 Å². The summed E-state index contributed by atoms with van der Waals surface area (Å²) in [7, 11) is 0. The molecule has 1 aromatic carbocycles. The number of hydrogen-bond donors (Lipinski definition) is 2. The number of nitrogens with zero attached hydrogens (tertiary/aromatic N) is 1. The third-order valence-electron chi connectivity index (χ3n) is 3.22. The molecule has 0 aliphatic carbocycles. The van der Waals surface area contributed by atoms with E-state index in [1.54, 1.807) is 0 Å². The lowest BCUT2D eigenvalue weighted by Gasteiger charge is -2.15. The average molecular weight is 273 g/mol. The van der Waals surface area contributed by atoms with Crippen molar-refractivity contribution < 1.29 is 9.59 Å². The normalized spacial score (nSPS) is 10.4. The van der Waals surface area contributed by atoms with Crippen molar-refractivity contribution >= 4 is 29.0 Å². The van der Waals surface area contributed by atoms with Gasteiger partial charge in [-0.05, 0) is 6.42 Å². The van der Waals surface area contributed by atoms with Crippen LogP contribution < -0.4 is 5.32 Å². The molecule has 1 heterocycles. The van der Waals surface area contributed by atoms with Gasteiger partial charge in [-0.2, -0.15) is 0 Å². The van der Waals surface area contributed by atoms with Gasteiger partial charge in [0.1, 0.15) is 5.82 Å². The van der Waals surface area contributed by atoms with Crippen LogP contribution in [0.4, 0.5) is 10.6 Å². The maximum absolute atomic E-state index is 12.0. The smallest absolute Gasteiger partial charge is 0.329 e. The number of benzene rings is 1. The van der Waals surface area contributed by atoms with E-state index < -0.39 is 6.03 Å². The summed E-state index contributed by atoms with van der Waals surface area (Å²) in [5.74, 6) is 0.618. The van der Waals surface area contributed by atoms with Gasteiger partial charge < -0.3 is 4.98 Å². The molecule has 0 radical (unpaired) electrons. The van der Waals surface area contributed by atoms with Crippen LogP contribution in [0.25, 0.3) is 10.8 Å². The van der Waals surface area contributed by atoms with Crippen LogP contribution in [0, 0.1) is 0 Å². The first-order valence-corrected chi connectivity index (χ1v) is 6.85. The Morgan fingerprint density at radius 1 is 1.35 bits per heavy atom. The zero-order chi connectivity index (χ0) is 14.4. The highest BCUT2D eigenvalue weighted by atomic mass is 16.2. The minimum Gasteiger partial charge on any atom is -0.347 e. The lowest BCUT2D eigenvalue weighted by molar-refractivity contribution is -0.115. The molecule has 1 aromatic heterocycles. The van der Waals surface area contributed by atoms with Crippen LogP contribution in [0.5, 0.6) is 0 Å². The minimum atomic E-state index is -0.399. The summed E-state index contributed by atoms with van der Waals surface area (Å²) in [5, 5.41) is 4.69. The number of imide groups is 1. The van der Waals surface area contributed by atoms with Crippen molar-refractivity contribution in [2.75, 3.05) is 11.9 Å². The summed E-state index contributed by atoms with van der Waals surface area (Å²) < 4.78 is 0. The van der Waals surface area contributed by atoms with Crippen molar-refractivity contribution in [2.24, 2.45) is 0 Å². The number of aromatic amines is 1. The highest BCUT2D eigenvalue weighted by Gasteiger charge is 2.14. The van der Waals surface area contributed by atoms with E-state index in [-0.39, 0.29) is 0 Å². The first-order valence-electron chi connectivity index (χ1n) is 6.85. The summed E-state index contributed by atoms with van der Waals surface area (Å²) in [6, 6.07) is 7.32. The molecule has 2 aromatic rings. The fraction of sp³-hybridized carbons (Fsp3) is 0.333. The van der Waals surface area contributed by atoms with Crippen LogP contribution in [0.1, 0.15) is 26.2 Å². The quantitative estimate of drug-likeness (QED) is 0.626. The highest BCUT2D eigenvalue weighted by molar-refractivity contribution is 6.02. The van der Waals surface area contributed by atoms with E-state index in [2.05, 4.69) is 17.2 Å². The highest BCUT2D eigenvalue weighted by Crippen LogP contribution is 2.22. The second-order valence-electron chi connectivity index (χ2n) is 4.69. The van der Waals surface area contributed by atoms with Gasteiger partial charge in [-0.15, -0.1) is 0 Å². The Morgan fingerprint density at radius 2 is 2.15 bits per heavy atom. The molecular weight excluding hydrogens is 254 g/mol. The van der Waals surface area contributed by atoms with Gasteiger partial charge in [0.05, 0.1) is 0 Å². The molecule has 5 nitrogen and oxygen atoms in total. The number of carbonyl (C=O) groups is 2. The van der Waals surface area contributed by atoms with Gasteiger partial charge >= 0.3 is 6.03 Å². The Kier molecular flexibility index (Phi) is 4.76. The van der Waals surface area contributed by atoms with E-state index in [0.717, 1.165) is 30.0 Å². The van der Waals surface area contributed by atoms with E-state index in [1.165, 1.54) is 4.90 Å². The molecule has 2 rings (SSSR count). The number of nitrogens with one attached hydrogen (secondary N) is 2. The molecule has 0 saturated carbocycles. The number of H-pyrrole nitrogens is 1. The first kappa shape index (κ1) is 14.1. The molecular formula is C15H19N3O2. The van der Waals surface area contributed by atoms with Gasteiger partial charge in [0.25, 0.3) is 0 Å². The molecule has 20 heavy (non-hydrogen) atoms. The maximum atomic E-state index is 12.0. The van der Waals surface area contributed by atoms with Crippen LogP contribution in [-0.2, 0) is 4.79 Å². The van der Waals surface area contributed by atoms with Crippen molar-refractivity contribution in [3.63, 3.8) is 0 Å². The van der Waals surface area contributed by atoms with Crippen molar-refractivity contribution in [1.29, 1.82) is 0 Å². The third kappa shape index (κ3) is 3.17. The van der Waals surface area contributed by atoms with Crippen LogP contribution in [-0.4, -0.2) is 28.9 Å². The molecule has 0 unspecified atom stereocenters. The number of fused-ring (bicyclic) bond motifs is 1. The predicted molar refractivity (Wildman–Crippen MR) is 79.6 cm³/mol. The summed E-state index contributed by atoms with van der Waals surface area (Å²) in [5.41, 5.74) is 0.